The van der Waals surface area contributed by atoms with Crippen molar-refractivity contribution in [2.75, 3.05) is 6.61 Å². The lowest BCUT2D eigenvalue weighted by molar-refractivity contribution is -0.124. The number of rotatable bonds is 4. The quantitative estimate of drug-likeness (QED) is 0.759. The van der Waals surface area contributed by atoms with Gasteiger partial charge in [0.2, 0.25) is 0 Å². The van der Waals surface area contributed by atoms with Crippen LogP contribution in [0.25, 0.3) is 0 Å². The van der Waals surface area contributed by atoms with Gasteiger partial charge in [0.05, 0.1) is 10.5 Å². The van der Waals surface area contributed by atoms with Crippen LogP contribution in [0.3, 0.4) is 0 Å². The van der Waals surface area contributed by atoms with E-state index < -0.39 is 0 Å². The normalized spacial score (nSPS) is 18.0. The van der Waals surface area contributed by atoms with Gasteiger partial charge in [-0.15, -0.1) is 0 Å². The van der Waals surface area contributed by atoms with E-state index in [0.29, 0.717) is 21.7 Å². The highest BCUT2D eigenvalue weighted by atomic mass is 79.9. The summed E-state index contributed by atoms with van der Waals surface area (Å²) < 4.78 is 12.3. The van der Waals surface area contributed by atoms with Gasteiger partial charge in [0.1, 0.15) is 17.1 Å². The van der Waals surface area contributed by atoms with Crippen molar-refractivity contribution in [3.05, 3.63) is 57.5 Å². The Kier molecular flexibility index (Phi) is 5.25. The predicted molar refractivity (Wildman–Crippen MR) is 101 cm³/mol. The van der Waals surface area contributed by atoms with E-state index in [-0.39, 0.29) is 24.2 Å². The van der Waals surface area contributed by atoms with Gasteiger partial charge in [-0.1, -0.05) is 29.8 Å². The third-order valence-corrected chi connectivity index (χ3v) is 4.82. The molecule has 132 valence electrons. The minimum Gasteiger partial charge on any atom is -0.487 e. The van der Waals surface area contributed by atoms with Crippen molar-refractivity contribution in [1.82, 2.24) is 5.32 Å². The monoisotopic (exact) mass is 423 g/mol. The standard InChI is InChI=1S/C19H19BrClNO3/c1-19(2)10-15(13-5-3-4-6-16(13)25-19)22-18(23)11-24-17-8-7-12(21)9-14(17)20/h3-9,15H,10-11H2,1-2H3,(H,22,23)/t15-/m0/s1. The number of para-hydroxylation sites is 1. The Morgan fingerprint density at radius 3 is 2.88 bits per heavy atom. The van der Waals surface area contributed by atoms with Crippen molar-refractivity contribution >= 4 is 33.4 Å². The van der Waals surface area contributed by atoms with Gasteiger partial charge in [-0.2, -0.15) is 0 Å². The number of hydrogen-bond acceptors (Lipinski definition) is 3. The molecule has 1 amide bonds. The number of nitrogens with one attached hydrogen (secondary N) is 1. The van der Waals surface area contributed by atoms with E-state index in [9.17, 15) is 4.79 Å². The molecule has 0 radical (unpaired) electrons. The first-order chi connectivity index (χ1) is 11.8. The van der Waals surface area contributed by atoms with Crippen molar-refractivity contribution in [2.24, 2.45) is 0 Å². The van der Waals surface area contributed by atoms with Gasteiger partial charge in [0.15, 0.2) is 6.61 Å². The van der Waals surface area contributed by atoms with E-state index in [1.165, 1.54) is 0 Å². The summed E-state index contributed by atoms with van der Waals surface area (Å²) in [4.78, 5) is 12.4. The first-order valence-corrected chi connectivity index (χ1v) is 9.16. The van der Waals surface area contributed by atoms with Gasteiger partial charge in [-0.05, 0) is 54.0 Å². The zero-order valence-electron chi connectivity index (χ0n) is 14.0. The lowest BCUT2D eigenvalue weighted by Crippen LogP contribution is -2.42. The smallest absolute Gasteiger partial charge is 0.258 e. The summed E-state index contributed by atoms with van der Waals surface area (Å²) in [6.07, 6.45) is 0.695. The molecule has 1 atom stereocenters. The van der Waals surface area contributed by atoms with Gasteiger partial charge in [0.25, 0.3) is 5.91 Å². The Labute approximate surface area is 160 Å². The molecule has 3 rings (SSSR count). The van der Waals surface area contributed by atoms with Crippen LogP contribution >= 0.6 is 27.5 Å². The zero-order chi connectivity index (χ0) is 18.0. The molecule has 4 nitrogen and oxygen atoms in total. The van der Waals surface area contributed by atoms with E-state index in [1.807, 2.05) is 38.1 Å². The second kappa shape index (κ2) is 7.26. The second-order valence-electron chi connectivity index (χ2n) is 6.59. The van der Waals surface area contributed by atoms with Crippen molar-refractivity contribution in [3.63, 3.8) is 0 Å². The molecule has 1 N–H and O–H groups in total. The summed E-state index contributed by atoms with van der Waals surface area (Å²) in [5, 5.41) is 3.65. The van der Waals surface area contributed by atoms with Gasteiger partial charge in [-0.25, -0.2) is 0 Å². The topological polar surface area (TPSA) is 47.6 Å². The highest BCUT2D eigenvalue weighted by Crippen LogP contribution is 2.39. The largest absolute Gasteiger partial charge is 0.487 e. The second-order valence-corrected chi connectivity index (χ2v) is 7.88. The lowest BCUT2D eigenvalue weighted by atomic mass is 9.90. The molecule has 0 saturated carbocycles. The van der Waals surface area contributed by atoms with Gasteiger partial charge in [0, 0.05) is 17.0 Å². The number of amides is 1. The van der Waals surface area contributed by atoms with Gasteiger partial charge < -0.3 is 14.8 Å². The molecule has 0 spiro atoms. The maximum atomic E-state index is 12.4. The summed E-state index contributed by atoms with van der Waals surface area (Å²) in [5.41, 5.74) is 0.648. The van der Waals surface area contributed by atoms with Crippen LogP contribution in [0.4, 0.5) is 0 Å². The molecule has 1 heterocycles. The van der Waals surface area contributed by atoms with Crippen LogP contribution < -0.4 is 14.8 Å². The van der Waals surface area contributed by atoms with E-state index in [1.54, 1.807) is 18.2 Å². The van der Waals surface area contributed by atoms with Crippen molar-refractivity contribution in [1.29, 1.82) is 0 Å². The fraction of sp³-hybridized carbons (Fsp3) is 0.316. The number of fused-ring (bicyclic) bond motifs is 1. The number of halogens is 2. The van der Waals surface area contributed by atoms with Crippen LogP contribution in [0, 0.1) is 0 Å². The Bertz CT molecular complexity index is 794. The fourth-order valence-corrected chi connectivity index (χ4v) is 3.70. The third kappa shape index (κ3) is 4.47. The van der Waals surface area contributed by atoms with Crippen molar-refractivity contribution < 1.29 is 14.3 Å². The van der Waals surface area contributed by atoms with Gasteiger partial charge >= 0.3 is 0 Å². The van der Waals surface area contributed by atoms with E-state index in [2.05, 4.69) is 21.2 Å². The molecule has 1 aliphatic rings. The molecule has 0 aromatic heterocycles. The first-order valence-electron chi connectivity index (χ1n) is 7.99. The third-order valence-electron chi connectivity index (χ3n) is 3.96. The van der Waals surface area contributed by atoms with Crippen LogP contribution in [0.2, 0.25) is 5.02 Å². The zero-order valence-corrected chi connectivity index (χ0v) is 16.4. The van der Waals surface area contributed by atoms with Crippen LogP contribution in [-0.4, -0.2) is 18.1 Å². The summed E-state index contributed by atoms with van der Waals surface area (Å²) in [6.45, 7) is 3.97. The molecule has 6 heteroatoms. The average molecular weight is 425 g/mol. The Morgan fingerprint density at radius 1 is 1.36 bits per heavy atom. The van der Waals surface area contributed by atoms with Gasteiger partial charge in [-0.3, -0.25) is 4.79 Å². The fourth-order valence-electron chi connectivity index (χ4n) is 2.90. The van der Waals surface area contributed by atoms with Crippen LogP contribution in [0.1, 0.15) is 31.9 Å². The molecular weight excluding hydrogens is 406 g/mol. The summed E-state index contributed by atoms with van der Waals surface area (Å²) >= 11 is 9.28. The lowest BCUT2D eigenvalue weighted by Gasteiger charge is -2.37. The van der Waals surface area contributed by atoms with Crippen LogP contribution in [-0.2, 0) is 4.79 Å². The Hall–Kier alpha value is -1.72. The molecular formula is C19H19BrClNO3. The molecule has 0 bridgehead atoms. The van der Waals surface area contributed by atoms with E-state index >= 15 is 0 Å². The van der Waals surface area contributed by atoms with E-state index in [4.69, 9.17) is 21.1 Å². The molecule has 2 aromatic rings. The Balaban J connectivity index is 1.66. The molecule has 2 aromatic carbocycles. The number of hydrogen-bond donors (Lipinski definition) is 1. The first kappa shape index (κ1) is 18.1. The maximum Gasteiger partial charge on any atom is 0.258 e. The summed E-state index contributed by atoms with van der Waals surface area (Å²) in [5.74, 6) is 1.21. The number of ether oxygens (including phenoxy) is 2. The highest BCUT2D eigenvalue weighted by Gasteiger charge is 2.34. The molecule has 25 heavy (non-hydrogen) atoms. The minimum absolute atomic E-state index is 0.0693. The number of carbonyl (C=O) groups excluding carboxylic acids is 1. The van der Waals surface area contributed by atoms with Crippen LogP contribution in [0.5, 0.6) is 11.5 Å². The predicted octanol–water partition coefficient (Wildman–Crippen LogP) is 4.90. The summed E-state index contributed by atoms with van der Waals surface area (Å²) in [7, 11) is 0. The Morgan fingerprint density at radius 2 is 2.12 bits per heavy atom. The number of carbonyl (C=O) groups is 1. The van der Waals surface area contributed by atoms with Crippen molar-refractivity contribution in [3.8, 4) is 11.5 Å². The van der Waals surface area contributed by atoms with Crippen LogP contribution in [0.15, 0.2) is 46.9 Å². The maximum absolute atomic E-state index is 12.4. The van der Waals surface area contributed by atoms with E-state index in [0.717, 1.165) is 11.3 Å². The van der Waals surface area contributed by atoms with Crippen molar-refractivity contribution in [2.45, 2.75) is 31.9 Å². The SMILES string of the molecule is CC1(C)C[C@H](NC(=O)COc2ccc(Cl)cc2Br)c2ccccc2O1. The minimum atomic E-state index is -0.341. The average Bonchev–Trinajstić information content (AvgIpc) is 2.53. The number of benzene rings is 2. The molecule has 0 fully saturated rings. The summed E-state index contributed by atoms with van der Waals surface area (Å²) in [6, 6.07) is 12.9. The molecule has 0 saturated heterocycles. The molecule has 0 aliphatic carbocycles. The molecule has 1 aliphatic heterocycles. The molecule has 0 unspecified atom stereocenters. The highest BCUT2D eigenvalue weighted by molar-refractivity contribution is 9.10.